The van der Waals surface area contributed by atoms with Gasteiger partial charge in [0, 0.05) is 0 Å². The maximum atomic E-state index is 11.7. The number of benzene rings is 1. The van der Waals surface area contributed by atoms with E-state index < -0.39 is 5.97 Å². The number of esters is 1. The van der Waals surface area contributed by atoms with Gasteiger partial charge in [0.05, 0.1) is 17.5 Å². The Labute approximate surface area is 141 Å². The van der Waals surface area contributed by atoms with Crippen molar-refractivity contribution >= 4 is 33.9 Å². The largest absolute Gasteiger partial charge is 0.507 e. The number of para-hydroxylation sites is 2. The number of aromatic nitrogens is 2. The van der Waals surface area contributed by atoms with Crippen LogP contribution < -0.4 is 0 Å². The minimum Gasteiger partial charge on any atom is -0.507 e. The minimum absolute atomic E-state index is 0.0467. The summed E-state index contributed by atoms with van der Waals surface area (Å²) in [6.45, 7) is -0.372. The van der Waals surface area contributed by atoms with Crippen LogP contribution in [0.3, 0.4) is 0 Å². The third-order valence-corrected chi connectivity index (χ3v) is 4.06. The molecule has 0 saturated heterocycles. The molecule has 0 unspecified atom stereocenters. The van der Waals surface area contributed by atoms with E-state index in [-0.39, 0.29) is 30.2 Å². The summed E-state index contributed by atoms with van der Waals surface area (Å²) in [6.07, 6.45) is 0.128. The van der Waals surface area contributed by atoms with Crippen molar-refractivity contribution < 1.29 is 14.6 Å². The molecule has 3 aromatic rings. The lowest BCUT2D eigenvalue weighted by atomic mass is 10.2. The number of carbonyl (C=O) groups excluding carboxylic acids is 1. The van der Waals surface area contributed by atoms with Gasteiger partial charge in [-0.05, 0) is 34.5 Å². The molecule has 0 saturated carbocycles. The number of imidazole rings is 1. The molecule has 0 aliphatic carbocycles. The summed E-state index contributed by atoms with van der Waals surface area (Å²) in [5.74, 6) is -0.567. The third kappa shape index (κ3) is 3.45. The van der Waals surface area contributed by atoms with Gasteiger partial charge in [0.1, 0.15) is 18.2 Å². The first-order valence-corrected chi connectivity index (χ1v) is 8.05. The van der Waals surface area contributed by atoms with Gasteiger partial charge in [0.25, 0.3) is 0 Å². The second-order valence-corrected chi connectivity index (χ2v) is 5.79. The Morgan fingerprint density at radius 3 is 2.92 bits per heavy atom. The van der Waals surface area contributed by atoms with Gasteiger partial charge in [-0.15, -0.1) is 0 Å². The molecule has 6 nitrogen and oxygen atoms in total. The van der Waals surface area contributed by atoms with E-state index in [0.29, 0.717) is 5.52 Å². The Morgan fingerprint density at radius 1 is 1.38 bits per heavy atom. The van der Waals surface area contributed by atoms with Crippen LogP contribution in [0.25, 0.3) is 16.6 Å². The van der Waals surface area contributed by atoms with E-state index in [1.807, 2.05) is 41.1 Å². The van der Waals surface area contributed by atoms with Gasteiger partial charge in [0.2, 0.25) is 0 Å². The zero-order valence-electron chi connectivity index (χ0n) is 12.5. The highest BCUT2D eigenvalue weighted by Crippen LogP contribution is 2.19. The number of nitrogens with one attached hydrogen (secondary N) is 1. The summed E-state index contributed by atoms with van der Waals surface area (Å²) in [5.41, 5.74) is 2.24. The Morgan fingerprint density at radius 2 is 2.21 bits per heavy atom. The average molecular weight is 339 g/mol. The van der Waals surface area contributed by atoms with Gasteiger partial charge in [-0.2, -0.15) is 16.6 Å². The molecule has 0 aliphatic rings. The van der Waals surface area contributed by atoms with Crippen LogP contribution in [0.4, 0.5) is 0 Å². The summed E-state index contributed by atoms with van der Waals surface area (Å²) in [4.78, 5) is 19.0. The average Bonchev–Trinajstić information content (AvgIpc) is 3.22. The number of carbonyl (C=O) groups is 1. The van der Waals surface area contributed by atoms with Crippen molar-refractivity contribution in [1.82, 2.24) is 9.97 Å². The number of H-pyrrole nitrogens is 1. The van der Waals surface area contributed by atoms with Gasteiger partial charge in [-0.1, -0.05) is 12.1 Å². The van der Waals surface area contributed by atoms with E-state index in [4.69, 9.17) is 4.74 Å². The fraction of sp³-hybridized carbons (Fsp3) is 0.118. The Bertz CT molecular complexity index is 903. The number of ether oxygens (including phenoxy) is 1. The topological polar surface area (TPSA) is 99.0 Å². The summed E-state index contributed by atoms with van der Waals surface area (Å²) in [5, 5.41) is 23.1. The van der Waals surface area contributed by atoms with Crippen LogP contribution in [0.15, 0.2) is 46.9 Å². The monoisotopic (exact) mass is 339 g/mol. The van der Waals surface area contributed by atoms with Crippen LogP contribution >= 0.6 is 11.3 Å². The number of nitriles is 1. The van der Waals surface area contributed by atoms with Crippen molar-refractivity contribution in [2.45, 2.75) is 6.42 Å². The van der Waals surface area contributed by atoms with E-state index in [9.17, 15) is 15.2 Å². The van der Waals surface area contributed by atoms with Crippen molar-refractivity contribution in [3.8, 4) is 6.07 Å². The number of hydrogen-bond donors (Lipinski definition) is 2. The van der Waals surface area contributed by atoms with Crippen LogP contribution in [0.2, 0.25) is 0 Å². The molecule has 24 heavy (non-hydrogen) atoms. The smallest absolute Gasteiger partial charge is 0.310 e. The molecule has 2 N–H and O–H groups in total. The van der Waals surface area contributed by atoms with E-state index in [0.717, 1.165) is 11.1 Å². The SMILES string of the molecule is N#C/C(=C(/O)COC(=O)Cc1ccsc1)c1nc2ccccc2[nH]1. The summed E-state index contributed by atoms with van der Waals surface area (Å²) < 4.78 is 5.02. The summed E-state index contributed by atoms with van der Waals surface area (Å²) >= 11 is 1.49. The quantitative estimate of drug-likeness (QED) is 0.422. The standard InChI is InChI=1S/C17H13N3O3S/c18-8-12(17-19-13-3-1-2-4-14(13)20-17)15(21)9-23-16(22)7-11-5-6-24-10-11/h1-6,10,21H,7,9H2,(H,19,20)/b15-12-. The van der Waals surface area contributed by atoms with Crippen molar-refractivity contribution in [3.05, 3.63) is 58.2 Å². The maximum Gasteiger partial charge on any atom is 0.310 e. The van der Waals surface area contributed by atoms with Crippen molar-refractivity contribution in [1.29, 1.82) is 5.26 Å². The number of rotatable bonds is 5. The zero-order chi connectivity index (χ0) is 16.9. The number of aliphatic hydroxyl groups excluding tert-OH is 1. The first kappa shape index (κ1) is 15.8. The van der Waals surface area contributed by atoms with E-state index in [1.54, 1.807) is 6.07 Å². The molecule has 0 aliphatic heterocycles. The van der Waals surface area contributed by atoms with E-state index in [2.05, 4.69) is 9.97 Å². The molecule has 7 heteroatoms. The van der Waals surface area contributed by atoms with Crippen LogP contribution in [0.1, 0.15) is 11.4 Å². The molecule has 120 valence electrons. The molecule has 0 spiro atoms. The van der Waals surface area contributed by atoms with Gasteiger partial charge in [-0.3, -0.25) is 4.79 Å². The number of thiophene rings is 1. The summed E-state index contributed by atoms with van der Waals surface area (Å²) in [7, 11) is 0. The highest BCUT2D eigenvalue weighted by atomic mass is 32.1. The predicted octanol–water partition coefficient (Wildman–Crippen LogP) is 3.20. The number of aliphatic hydroxyl groups is 1. The number of nitrogens with zero attached hydrogens (tertiary/aromatic N) is 2. The number of aromatic amines is 1. The number of fused-ring (bicyclic) bond motifs is 1. The fourth-order valence-corrected chi connectivity index (χ4v) is 2.83. The third-order valence-electron chi connectivity index (χ3n) is 3.33. The number of hydrogen-bond acceptors (Lipinski definition) is 6. The molecule has 1 aromatic carbocycles. The first-order chi connectivity index (χ1) is 11.7. The van der Waals surface area contributed by atoms with Gasteiger partial charge in [-0.25, -0.2) is 4.98 Å². The van der Waals surface area contributed by atoms with Crippen LogP contribution in [0, 0.1) is 11.3 Å². The Balaban J connectivity index is 1.73. The molecule has 0 amide bonds. The second-order valence-electron chi connectivity index (χ2n) is 5.01. The zero-order valence-corrected chi connectivity index (χ0v) is 13.3. The second kappa shape index (κ2) is 6.98. The van der Waals surface area contributed by atoms with E-state index >= 15 is 0 Å². The molecule has 0 radical (unpaired) electrons. The molecular weight excluding hydrogens is 326 g/mol. The van der Waals surface area contributed by atoms with Crippen LogP contribution in [0.5, 0.6) is 0 Å². The van der Waals surface area contributed by atoms with Crippen LogP contribution in [-0.4, -0.2) is 27.7 Å². The number of allylic oxidation sites excluding steroid dienone is 1. The Kier molecular flexibility index (Phi) is 4.59. The lowest BCUT2D eigenvalue weighted by Gasteiger charge is -2.05. The van der Waals surface area contributed by atoms with E-state index in [1.165, 1.54) is 11.3 Å². The normalized spacial score (nSPS) is 11.8. The first-order valence-electron chi connectivity index (χ1n) is 7.11. The predicted molar refractivity (Wildman–Crippen MR) is 90.2 cm³/mol. The van der Waals surface area contributed by atoms with Crippen LogP contribution in [-0.2, 0) is 16.0 Å². The molecule has 0 atom stereocenters. The van der Waals surface area contributed by atoms with Crippen molar-refractivity contribution in [3.63, 3.8) is 0 Å². The highest BCUT2D eigenvalue weighted by Gasteiger charge is 2.15. The van der Waals surface area contributed by atoms with Gasteiger partial charge >= 0.3 is 5.97 Å². The molecule has 0 fully saturated rings. The Hall–Kier alpha value is -3.11. The summed E-state index contributed by atoms with van der Waals surface area (Å²) in [6, 6.07) is 11.0. The molecule has 2 aromatic heterocycles. The lowest BCUT2D eigenvalue weighted by Crippen LogP contribution is -2.11. The molecule has 3 rings (SSSR count). The van der Waals surface area contributed by atoms with Crippen molar-refractivity contribution in [2.24, 2.45) is 0 Å². The lowest BCUT2D eigenvalue weighted by molar-refractivity contribution is -0.142. The molecular formula is C17H13N3O3S. The minimum atomic E-state index is -0.471. The molecule has 2 heterocycles. The van der Waals surface area contributed by atoms with Gasteiger partial charge in [0.15, 0.2) is 11.6 Å². The highest BCUT2D eigenvalue weighted by molar-refractivity contribution is 7.07. The maximum absolute atomic E-state index is 11.7. The molecule has 0 bridgehead atoms. The fourth-order valence-electron chi connectivity index (χ4n) is 2.16. The van der Waals surface area contributed by atoms with Crippen molar-refractivity contribution in [2.75, 3.05) is 6.61 Å². The van der Waals surface area contributed by atoms with Gasteiger partial charge < -0.3 is 14.8 Å².